The molecule has 2 heterocycles. The van der Waals surface area contributed by atoms with Gasteiger partial charge in [0.2, 0.25) is 5.95 Å². The van der Waals surface area contributed by atoms with Crippen LogP contribution in [0.2, 0.25) is 0 Å². The lowest BCUT2D eigenvalue weighted by Crippen LogP contribution is -2.22. The lowest BCUT2D eigenvalue weighted by Gasteiger charge is -2.06. The van der Waals surface area contributed by atoms with Gasteiger partial charge in [-0.15, -0.1) is 0 Å². The molecule has 1 aromatic rings. The van der Waals surface area contributed by atoms with Crippen LogP contribution in [-0.2, 0) is 6.54 Å². The minimum Gasteiger partial charge on any atom is -0.354 e. The molecule has 0 aromatic carbocycles. The number of hydrogen-bond donors (Lipinski definition) is 2. The Morgan fingerprint density at radius 1 is 1.50 bits per heavy atom. The van der Waals surface area contributed by atoms with Crippen molar-refractivity contribution in [2.24, 2.45) is 0 Å². The van der Waals surface area contributed by atoms with E-state index in [2.05, 4.69) is 10.3 Å². The third-order valence-corrected chi connectivity index (χ3v) is 2.32. The van der Waals surface area contributed by atoms with Crippen molar-refractivity contribution in [2.75, 3.05) is 11.9 Å². The molecule has 1 aliphatic rings. The minimum absolute atomic E-state index is 0.586. The van der Waals surface area contributed by atoms with Gasteiger partial charge in [-0.25, -0.2) is 4.98 Å². The summed E-state index contributed by atoms with van der Waals surface area (Å²) in [6, 6.07) is 0. The molecular formula is C8H12N4. The molecular weight excluding hydrogens is 152 g/mol. The van der Waals surface area contributed by atoms with Crippen molar-refractivity contribution >= 4 is 5.95 Å². The molecule has 12 heavy (non-hydrogen) atoms. The molecule has 4 nitrogen and oxygen atoms in total. The van der Waals surface area contributed by atoms with Gasteiger partial charge >= 0.3 is 0 Å². The van der Waals surface area contributed by atoms with Crippen LogP contribution in [0.4, 0.5) is 5.95 Å². The maximum absolute atomic E-state index is 7.80. The molecule has 0 radical (unpaired) electrons. The monoisotopic (exact) mass is 164 g/mol. The smallest absolute Gasteiger partial charge is 0.204 e. The topological polar surface area (TPSA) is 53.7 Å². The second kappa shape index (κ2) is 2.33. The van der Waals surface area contributed by atoms with Gasteiger partial charge in [0.15, 0.2) is 0 Å². The standard InChI is InChI=1S/C8H12N4/c1-5-6(2)11-8-10-3-4-12(8)7(5)9/h9H,3-4H2,1-2H3,(H,10,11). The van der Waals surface area contributed by atoms with Gasteiger partial charge in [0.25, 0.3) is 0 Å². The fraction of sp³-hybridized carbons (Fsp3) is 0.500. The first-order valence-corrected chi connectivity index (χ1v) is 4.06. The van der Waals surface area contributed by atoms with Crippen LogP contribution < -0.4 is 10.8 Å². The Balaban J connectivity index is 2.76. The van der Waals surface area contributed by atoms with E-state index in [1.54, 1.807) is 0 Å². The zero-order valence-corrected chi connectivity index (χ0v) is 7.31. The van der Waals surface area contributed by atoms with Crippen LogP contribution in [0.1, 0.15) is 11.3 Å². The molecule has 0 fully saturated rings. The highest BCUT2D eigenvalue weighted by molar-refractivity contribution is 5.33. The Morgan fingerprint density at radius 3 is 3.00 bits per heavy atom. The van der Waals surface area contributed by atoms with E-state index < -0.39 is 0 Å². The molecule has 2 rings (SSSR count). The van der Waals surface area contributed by atoms with Crippen molar-refractivity contribution in [3.05, 3.63) is 16.7 Å². The predicted octanol–water partition coefficient (Wildman–Crippen LogP) is 0.405. The van der Waals surface area contributed by atoms with Crippen molar-refractivity contribution in [1.82, 2.24) is 9.55 Å². The minimum atomic E-state index is 0.586. The molecule has 0 atom stereocenters. The van der Waals surface area contributed by atoms with E-state index in [4.69, 9.17) is 5.41 Å². The number of nitrogens with one attached hydrogen (secondary N) is 2. The van der Waals surface area contributed by atoms with Crippen molar-refractivity contribution in [3.8, 4) is 0 Å². The normalized spacial score (nSPS) is 14.2. The fourth-order valence-electron chi connectivity index (χ4n) is 1.41. The van der Waals surface area contributed by atoms with Crippen molar-refractivity contribution in [2.45, 2.75) is 20.4 Å². The Hall–Kier alpha value is -1.32. The first kappa shape index (κ1) is 7.34. The molecule has 0 saturated heterocycles. The average Bonchev–Trinajstić information content (AvgIpc) is 2.48. The predicted molar refractivity (Wildman–Crippen MR) is 46.0 cm³/mol. The van der Waals surface area contributed by atoms with Gasteiger partial charge in [0, 0.05) is 24.3 Å². The Bertz CT molecular complexity index is 377. The highest BCUT2D eigenvalue weighted by Gasteiger charge is 2.12. The number of fused-ring (bicyclic) bond motifs is 1. The van der Waals surface area contributed by atoms with Crippen LogP contribution in [0.3, 0.4) is 0 Å². The zero-order chi connectivity index (χ0) is 8.72. The van der Waals surface area contributed by atoms with Crippen molar-refractivity contribution in [1.29, 1.82) is 5.41 Å². The summed E-state index contributed by atoms with van der Waals surface area (Å²) in [4.78, 5) is 4.35. The molecule has 0 bridgehead atoms. The summed E-state index contributed by atoms with van der Waals surface area (Å²) in [5.41, 5.74) is 2.51. The van der Waals surface area contributed by atoms with E-state index in [0.29, 0.717) is 5.49 Å². The summed E-state index contributed by atoms with van der Waals surface area (Å²) < 4.78 is 1.91. The summed E-state index contributed by atoms with van der Waals surface area (Å²) >= 11 is 0. The van der Waals surface area contributed by atoms with Crippen LogP contribution in [0.25, 0.3) is 0 Å². The Labute approximate surface area is 70.8 Å². The molecule has 0 spiro atoms. The molecule has 4 heteroatoms. The maximum atomic E-state index is 7.80. The molecule has 1 aliphatic heterocycles. The highest BCUT2D eigenvalue weighted by atomic mass is 15.3. The van der Waals surface area contributed by atoms with E-state index in [9.17, 15) is 0 Å². The first-order chi connectivity index (χ1) is 5.70. The fourth-order valence-corrected chi connectivity index (χ4v) is 1.41. The number of hydrogen-bond acceptors (Lipinski definition) is 3. The number of aryl methyl sites for hydroxylation is 1. The molecule has 2 N–H and O–H groups in total. The van der Waals surface area contributed by atoms with E-state index in [1.165, 1.54) is 0 Å². The summed E-state index contributed by atoms with van der Waals surface area (Å²) in [6.45, 7) is 5.63. The summed E-state index contributed by atoms with van der Waals surface area (Å²) in [5.74, 6) is 0.836. The van der Waals surface area contributed by atoms with Gasteiger partial charge in [0.05, 0.1) is 0 Å². The second-order valence-electron chi connectivity index (χ2n) is 3.07. The Morgan fingerprint density at radius 2 is 2.25 bits per heavy atom. The molecule has 0 saturated carbocycles. The van der Waals surface area contributed by atoms with Gasteiger partial charge in [0.1, 0.15) is 5.49 Å². The van der Waals surface area contributed by atoms with E-state index >= 15 is 0 Å². The van der Waals surface area contributed by atoms with Crippen molar-refractivity contribution in [3.63, 3.8) is 0 Å². The zero-order valence-electron chi connectivity index (χ0n) is 7.31. The van der Waals surface area contributed by atoms with E-state index in [1.807, 2.05) is 18.4 Å². The van der Waals surface area contributed by atoms with Gasteiger partial charge in [-0.2, -0.15) is 0 Å². The SMILES string of the molecule is Cc1nc2n(c(=N)c1C)CCN2. The molecule has 1 aromatic heterocycles. The summed E-state index contributed by atoms with van der Waals surface area (Å²) in [5, 5.41) is 10.9. The van der Waals surface area contributed by atoms with Crippen molar-refractivity contribution < 1.29 is 0 Å². The number of rotatable bonds is 0. The van der Waals surface area contributed by atoms with E-state index in [-0.39, 0.29) is 0 Å². The largest absolute Gasteiger partial charge is 0.354 e. The molecule has 64 valence electrons. The molecule has 0 amide bonds. The third kappa shape index (κ3) is 0.841. The lowest BCUT2D eigenvalue weighted by atomic mass is 10.2. The van der Waals surface area contributed by atoms with Gasteiger partial charge in [-0.05, 0) is 13.8 Å². The molecule has 0 unspecified atom stereocenters. The third-order valence-electron chi connectivity index (χ3n) is 2.32. The number of nitrogens with zero attached hydrogens (tertiary/aromatic N) is 2. The first-order valence-electron chi connectivity index (χ1n) is 4.06. The van der Waals surface area contributed by atoms with Crippen LogP contribution in [0, 0.1) is 19.3 Å². The van der Waals surface area contributed by atoms with Gasteiger partial charge in [-0.1, -0.05) is 0 Å². The number of aromatic nitrogens is 2. The van der Waals surface area contributed by atoms with Gasteiger partial charge in [-0.3, -0.25) is 9.98 Å². The number of anilines is 1. The average molecular weight is 164 g/mol. The Kier molecular flexibility index (Phi) is 1.43. The van der Waals surface area contributed by atoms with Crippen LogP contribution in [-0.4, -0.2) is 16.1 Å². The van der Waals surface area contributed by atoms with Crippen LogP contribution in [0.5, 0.6) is 0 Å². The van der Waals surface area contributed by atoms with Gasteiger partial charge < -0.3 is 5.32 Å². The second-order valence-corrected chi connectivity index (χ2v) is 3.07. The lowest BCUT2D eigenvalue weighted by molar-refractivity contribution is 0.720. The quantitative estimate of drug-likeness (QED) is 0.583. The maximum Gasteiger partial charge on any atom is 0.204 e. The van der Waals surface area contributed by atoms with Crippen LogP contribution in [0.15, 0.2) is 0 Å². The summed E-state index contributed by atoms with van der Waals surface area (Å²) in [7, 11) is 0. The summed E-state index contributed by atoms with van der Waals surface area (Å²) in [6.07, 6.45) is 0. The van der Waals surface area contributed by atoms with Crippen LogP contribution >= 0.6 is 0 Å². The molecule has 0 aliphatic carbocycles. The van der Waals surface area contributed by atoms with E-state index in [0.717, 1.165) is 30.3 Å². The highest BCUT2D eigenvalue weighted by Crippen LogP contribution is 2.09.